The molecule has 5 rings (SSSR count). The van der Waals surface area contributed by atoms with Crippen LogP contribution in [0.2, 0.25) is 0 Å². The summed E-state index contributed by atoms with van der Waals surface area (Å²) in [6.45, 7) is 7.93. The number of benzene rings is 2. The van der Waals surface area contributed by atoms with Crippen molar-refractivity contribution >= 4 is 17.3 Å². The van der Waals surface area contributed by atoms with E-state index in [2.05, 4.69) is 26.8 Å². The number of nitrogens with zero attached hydrogens (tertiary/aromatic N) is 4. The standard InChI is InChI=1S/C25H31FN4O/c1-27-18-20-16-21(6-7-22(20)25(27)31)29-14-12-28(13-15-29)17-19-8-10-30(11-9-19)24-5-3-2-4-23(24)26/h2-7,16,19H,8-15,17-18H2,1H3. The second-order valence-electron chi connectivity index (χ2n) is 9.17. The molecule has 0 bridgehead atoms. The number of anilines is 2. The molecule has 0 atom stereocenters. The molecule has 5 nitrogen and oxygen atoms in total. The van der Waals surface area contributed by atoms with Crippen LogP contribution in [0.4, 0.5) is 15.8 Å². The van der Waals surface area contributed by atoms with Gasteiger partial charge in [-0.15, -0.1) is 0 Å². The van der Waals surface area contributed by atoms with Gasteiger partial charge in [-0.2, -0.15) is 0 Å². The van der Waals surface area contributed by atoms with Crippen LogP contribution in [0.5, 0.6) is 0 Å². The van der Waals surface area contributed by atoms with E-state index in [1.165, 1.54) is 5.69 Å². The summed E-state index contributed by atoms with van der Waals surface area (Å²) < 4.78 is 14.1. The number of hydrogen-bond donors (Lipinski definition) is 0. The van der Waals surface area contributed by atoms with Crippen molar-refractivity contribution < 1.29 is 9.18 Å². The van der Waals surface area contributed by atoms with Crippen molar-refractivity contribution in [3.63, 3.8) is 0 Å². The zero-order valence-corrected chi connectivity index (χ0v) is 18.3. The van der Waals surface area contributed by atoms with Crippen molar-refractivity contribution in [3.05, 3.63) is 59.4 Å². The normalized spacial score (nSPS) is 20.5. The maximum Gasteiger partial charge on any atom is 0.254 e. The highest BCUT2D eigenvalue weighted by atomic mass is 19.1. The van der Waals surface area contributed by atoms with Gasteiger partial charge in [-0.3, -0.25) is 9.69 Å². The summed E-state index contributed by atoms with van der Waals surface area (Å²) in [5, 5.41) is 0. The Bertz CT molecular complexity index is 948. The number of amides is 1. The average molecular weight is 423 g/mol. The third-order valence-electron chi connectivity index (χ3n) is 7.13. The van der Waals surface area contributed by atoms with Crippen LogP contribution >= 0.6 is 0 Å². The first kappa shape index (κ1) is 20.3. The van der Waals surface area contributed by atoms with E-state index in [9.17, 15) is 9.18 Å². The number of piperazine rings is 1. The van der Waals surface area contributed by atoms with Crippen molar-refractivity contribution in [1.82, 2.24) is 9.80 Å². The van der Waals surface area contributed by atoms with Gasteiger partial charge in [-0.05, 0) is 54.7 Å². The van der Waals surface area contributed by atoms with E-state index in [0.717, 1.165) is 75.5 Å². The van der Waals surface area contributed by atoms with E-state index in [4.69, 9.17) is 0 Å². The third-order valence-corrected chi connectivity index (χ3v) is 7.13. The van der Waals surface area contributed by atoms with Gasteiger partial charge in [0.15, 0.2) is 0 Å². The van der Waals surface area contributed by atoms with Crippen molar-refractivity contribution in [1.29, 1.82) is 0 Å². The second-order valence-corrected chi connectivity index (χ2v) is 9.17. The summed E-state index contributed by atoms with van der Waals surface area (Å²) in [5.41, 5.74) is 3.98. The van der Waals surface area contributed by atoms with Crippen molar-refractivity contribution in [2.24, 2.45) is 5.92 Å². The Hall–Kier alpha value is -2.60. The molecule has 2 fully saturated rings. The number of halogens is 1. The fraction of sp³-hybridized carbons (Fsp3) is 0.480. The molecular weight excluding hydrogens is 391 g/mol. The fourth-order valence-corrected chi connectivity index (χ4v) is 5.27. The first-order valence-electron chi connectivity index (χ1n) is 11.4. The maximum absolute atomic E-state index is 14.1. The zero-order chi connectivity index (χ0) is 21.4. The Morgan fingerprint density at radius 1 is 0.935 bits per heavy atom. The Balaban J connectivity index is 1.11. The van der Waals surface area contributed by atoms with Gasteiger partial charge < -0.3 is 14.7 Å². The lowest BCUT2D eigenvalue weighted by atomic mass is 9.95. The van der Waals surface area contributed by atoms with E-state index in [-0.39, 0.29) is 11.7 Å². The Labute approximate surface area is 184 Å². The van der Waals surface area contributed by atoms with Gasteiger partial charge in [0.2, 0.25) is 0 Å². The molecule has 0 aliphatic carbocycles. The highest BCUT2D eigenvalue weighted by molar-refractivity contribution is 5.98. The maximum atomic E-state index is 14.1. The van der Waals surface area contributed by atoms with Crippen LogP contribution in [0.25, 0.3) is 0 Å². The predicted molar refractivity (Wildman–Crippen MR) is 122 cm³/mol. The topological polar surface area (TPSA) is 30.0 Å². The molecule has 0 saturated carbocycles. The van der Waals surface area contributed by atoms with E-state index in [1.807, 2.05) is 25.2 Å². The predicted octanol–water partition coefficient (Wildman–Crippen LogP) is 3.45. The summed E-state index contributed by atoms with van der Waals surface area (Å²) in [7, 11) is 1.86. The molecule has 3 aliphatic heterocycles. The molecule has 2 aromatic rings. The molecule has 2 aromatic carbocycles. The molecule has 0 unspecified atom stereocenters. The van der Waals surface area contributed by atoms with E-state index in [1.54, 1.807) is 17.0 Å². The highest BCUT2D eigenvalue weighted by Crippen LogP contribution is 2.28. The Morgan fingerprint density at radius 3 is 2.42 bits per heavy atom. The van der Waals surface area contributed by atoms with Crippen molar-refractivity contribution in [2.45, 2.75) is 19.4 Å². The molecule has 3 heterocycles. The first-order chi connectivity index (χ1) is 15.1. The SMILES string of the molecule is CN1Cc2cc(N3CCN(CC4CCN(c5ccccc5F)CC4)CC3)ccc2C1=O. The number of carbonyl (C=O) groups excluding carboxylic acids is 1. The number of rotatable bonds is 4. The van der Waals surface area contributed by atoms with Crippen LogP contribution in [0, 0.1) is 11.7 Å². The van der Waals surface area contributed by atoms with Gasteiger partial charge in [-0.25, -0.2) is 4.39 Å². The minimum absolute atomic E-state index is 0.111. The summed E-state index contributed by atoms with van der Waals surface area (Å²) in [6.07, 6.45) is 2.25. The molecule has 0 aromatic heterocycles. The Morgan fingerprint density at radius 2 is 1.68 bits per heavy atom. The van der Waals surface area contributed by atoms with Gasteiger partial charge >= 0.3 is 0 Å². The van der Waals surface area contributed by atoms with Gasteiger partial charge in [0, 0.05) is 70.7 Å². The smallest absolute Gasteiger partial charge is 0.254 e. The van der Waals surface area contributed by atoms with Crippen LogP contribution in [0.15, 0.2) is 42.5 Å². The second kappa shape index (κ2) is 8.50. The fourth-order valence-electron chi connectivity index (χ4n) is 5.27. The van der Waals surface area contributed by atoms with Gasteiger partial charge in [0.1, 0.15) is 5.82 Å². The largest absolute Gasteiger partial charge is 0.369 e. The number of hydrogen-bond acceptors (Lipinski definition) is 4. The monoisotopic (exact) mass is 422 g/mol. The van der Waals surface area contributed by atoms with E-state index in [0.29, 0.717) is 12.5 Å². The van der Waals surface area contributed by atoms with Gasteiger partial charge in [-0.1, -0.05) is 12.1 Å². The lowest BCUT2D eigenvalue weighted by molar-refractivity contribution is 0.0816. The summed E-state index contributed by atoms with van der Waals surface area (Å²) in [4.78, 5) is 21.1. The molecule has 0 radical (unpaired) electrons. The van der Waals surface area contributed by atoms with Gasteiger partial charge in [0.25, 0.3) is 5.91 Å². The molecule has 3 aliphatic rings. The van der Waals surface area contributed by atoms with E-state index < -0.39 is 0 Å². The van der Waals surface area contributed by atoms with Crippen LogP contribution < -0.4 is 9.80 Å². The number of fused-ring (bicyclic) bond motifs is 1. The molecule has 164 valence electrons. The molecular formula is C25H31FN4O. The van der Waals surface area contributed by atoms with E-state index >= 15 is 0 Å². The molecule has 31 heavy (non-hydrogen) atoms. The average Bonchev–Trinajstić information content (AvgIpc) is 3.08. The summed E-state index contributed by atoms with van der Waals surface area (Å²) in [5.74, 6) is 0.711. The zero-order valence-electron chi connectivity index (χ0n) is 18.3. The Kier molecular flexibility index (Phi) is 5.57. The van der Waals surface area contributed by atoms with Crippen molar-refractivity contribution in [2.75, 3.05) is 62.7 Å². The molecule has 0 N–H and O–H groups in total. The summed E-state index contributed by atoms with van der Waals surface area (Å²) >= 11 is 0. The first-order valence-corrected chi connectivity index (χ1v) is 11.4. The molecule has 2 saturated heterocycles. The highest BCUT2D eigenvalue weighted by Gasteiger charge is 2.27. The van der Waals surface area contributed by atoms with Crippen LogP contribution in [0.1, 0.15) is 28.8 Å². The lowest BCUT2D eigenvalue weighted by Gasteiger charge is -2.40. The van der Waals surface area contributed by atoms with Gasteiger partial charge in [0.05, 0.1) is 5.69 Å². The summed E-state index contributed by atoms with van der Waals surface area (Å²) in [6, 6.07) is 13.4. The van der Waals surface area contributed by atoms with Crippen LogP contribution in [-0.2, 0) is 6.54 Å². The minimum Gasteiger partial charge on any atom is -0.369 e. The van der Waals surface area contributed by atoms with Crippen molar-refractivity contribution in [3.8, 4) is 0 Å². The molecule has 6 heteroatoms. The number of para-hydroxylation sites is 1. The van der Waals surface area contributed by atoms with Crippen LogP contribution in [-0.4, -0.2) is 68.6 Å². The minimum atomic E-state index is -0.111. The lowest BCUT2D eigenvalue weighted by Crippen LogP contribution is -2.49. The molecule has 0 spiro atoms. The number of carbonyl (C=O) groups is 1. The molecule has 1 amide bonds. The quantitative estimate of drug-likeness (QED) is 0.755. The van der Waals surface area contributed by atoms with Crippen LogP contribution in [0.3, 0.4) is 0 Å². The number of piperidine rings is 1. The third kappa shape index (κ3) is 4.13.